The van der Waals surface area contributed by atoms with Crippen molar-refractivity contribution < 1.29 is 13.2 Å². The van der Waals surface area contributed by atoms with Crippen molar-refractivity contribution in [2.75, 3.05) is 11.4 Å². The van der Waals surface area contributed by atoms with E-state index in [0.717, 1.165) is 25.8 Å². The molecule has 2 fully saturated rings. The molecule has 2 atom stereocenters. The number of nitrogens with one attached hydrogen (secondary N) is 1. The van der Waals surface area contributed by atoms with Crippen LogP contribution in [0.15, 0.2) is 18.2 Å². The molecule has 1 aliphatic heterocycles. The van der Waals surface area contributed by atoms with E-state index >= 15 is 0 Å². The van der Waals surface area contributed by atoms with Gasteiger partial charge in [-0.15, -0.1) is 0 Å². The van der Waals surface area contributed by atoms with E-state index in [2.05, 4.69) is 31.0 Å². The Hall–Kier alpha value is -1.23. The fourth-order valence-electron chi connectivity index (χ4n) is 4.21. The average Bonchev–Trinajstić information content (AvgIpc) is 2.46. The molecule has 3 rings (SSSR count). The number of hydrogen-bond donors (Lipinski definition) is 1. The molecule has 5 heteroatoms. The molecule has 1 saturated heterocycles. The molecule has 1 N–H and O–H groups in total. The van der Waals surface area contributed by atoms with Crippen molar-refractivity contribution in [3.05, 3.63) is 29.6 Å². The topological polar surface area (TPSA) is 15.3 Å². The highest BCUT2D eigenvalue weighted by atomic mass is 19.3. The minimum atomic E-state index is -2.78. The maximum Gasteiger partial charge on any atom is 0.266 e. The average molecular weight is 326 g/mol. The van der Waals surface area contributed by atoms with Gasteiger partial charge in [0.15, 0.2) is 0 Å². The number of anilines is 1. The summed E-state index contributed by atoms with van der Waals surface area (Å²) in [6, 6.07) is 4.48. The minimum absolute atomic E-state index is 0.0978. The van der Waals surface area contributed by atoms with Gasteiger partial charge in [0.1, 0.15) is 5.82 Å². The number of alkyl halides is 2. The predicted octanol–water partition coefficient (Wildman–Crippen LogP) is 4.65. The van der Waals surface area contributed by atoms with Crippen LogP contribution in [0.3, 0.4) is 0 Å². The molecule has 1 saturated carbocycles. The van der Waals surface area contributed by atoms with Crippen LogP contribution in [0.25, 0.3) is 0 Å². The third kappa shape index (κ3) is 2.95. The quantitative estimate of drug-likeness (QED) is 0.851. The summed E-state index contributed by atoms with van der Waals surface area (Å²) in [5.74, 6) is -0.815. The van der Waals surface area contributed by atoms with Gasteiger partial charge in [-0.1, -0.05) is 12.8 Å². The van der Waals surface area contributed by atoms with E-state index in [1.54, 1.807) is 6.07 Å². The van der Waals surface area contributed by atoms with Gasteiger partial charge in [0, 0.05) is 23.8 Å². The summed E-state index contributed by atoms with van der Waals surface area (Å²) in [5, 5.41) is 3.72. The zero-order valence-corrected chi connectivity index (χ0v) is 14.0. The van der Waals surface area contributed by atoms with Gasteiger partial charge < -0.3 is 10.2 Å². The van der Waals surface area contributed by atoms with E-state index < -0.39 is 17.8 Å². The van der Waals surface area contributed by atoms with Gasteiger partial charge in [0.25, 0.3) is 6.43 Å². The number of hydrogen-bond acceptors (Lipinski definition) is 2. The second-order valence-electron chi connectivity index (χ2n) is 7.78. The van der Waals surface area contributed by atoms with E-state index in [0.29, 0.717) is 11.7 Å². The van der Waals surface area contributed by atoms with Gasteiger partial charge in [-0.2, -0.15) is 0 Å². The van der Waals surface area contributed by atoms with Crippen LogP contribution < -0.4 is 10.2 Å². The number of fused-ring (bicyclic) bond motifs is 1. The summed E-state index contributed by atoms with van der Waals surface area (Å²) in [6.45, 7) is 7.21. The second kappa shape index (κ2) is 5.69. The summed E-state index contributed by atoms with van der Waals surface area (Å²) < 4.78 is 39.7. The predicted molar refractivity (Wildman–Crippen MR) is 86.6 cm³/mol. The van der Waals surface area contributed by atoms with Gasteiger partial charge in [-0.25, -0.2) is 13.2 Å². The number of piperazine rings is 1. The second-order valence-corrected chi connectivity index (χ2v) is 7.78. The minimum Gasteiger partial charge on any atom is -0.363 e. The lowest BCUT2D eigenvalue weighted by atomic mass is 9.73. The normalized spacial score (nSPS) is 30.4. The Balaban J connectivity index is 2.00. The third-order valence-electron chi connectivity index (χ3n) is 5.44. The highest BCUT2D eigenvalue weighted by molar-refractivity contribution is 5.53. The molecule has 23 heavy (non-hydrogen) atoms. The zero-order valence-electron chi connectivity index (χ0n) is 14.0. The molecule has 128 valence electrons. The van der Waals surface area contributed by atoms with Crippen LogP contribution >= 0.6 is 0 Å². The molecule has 1 aromatic rings. The molecule has 1 heterocycles. The summed E-state index contributed by atoms with van der Waals surface area (Å²) in [4.78, 5) is 2.23. The first kappa shape index (κ1) is 16.6. The summed E-state index contributed by atoms with van der Waals surface area (Å²) >= 11 is 0. The van der Waals surface area contributed by atoms with Crippen LogP contribution in [0, 0.1) is 5.82 Å². The molecular weight excluding hydrogens is 301 g/mol. The third-order valence-corrected chi connectivity index (χ3v) is 5.44. The summed E-state index contributed by atoms with van der Waals surface area (Å²) in [5.41, 5.74) is -0.0178. The van der Waals surface area contributed by atoms with Crippen molar-refractivity contribution in [2.45, 2.75) is 70.0 Å². The standard InChI is InChI=1S/C18H25F3N2/c1-17(2)11-23(18(3)9-5-4-6-15(18)22-17)12-7-8-13(16(20)21)14(19)10-12/h7-8,10,15-16,22H,4-6,9,11H2,1-3H3. The van der Waals surface area contributed by atoms with Crippen LogP contribution in [0.1, 0.15) is 58.4 Å². The van der Waals surface area contributed by atoms with Crippen LogP contribution in [0.4, 0.5) is 18.9 Å². The molecule has 0 spiro atoms. The molecule has 0 radical (unpaired) electrons. The highest BCUT2D eigenvalue weighted by Crippen LogP contribution is 2.42. The monoisotopic (exact) mass is 326 g/mol. The van der Waals surface area contributed by atoms with Gasteiger partial charge in [0.2, 0.25) is 0 Å². The first-order valence-corrected chi connectivity index (χ1v) is 8.36. The van der Waals surface area contributed by atoms with E-state index in [1.807, 2.05) is 0 Å². The van der Waals surface area contributed by atoms with Crippen LogP contribution in [0.5, 0.6) is 0 Å². The zero-order chi connectivity index (χ0) is 16.8. The Labute approximate surface area is 136 Å². The van der Waals surface area contributed by atoms with Gasteiger partial charge >= 0.3 is 0 Å². The van der Waals surface area contributed by atoms with Gasteiger partial charge in [-0.3, -0.25) is 0 Å². The lowest BCUT2D eigenvalue weighted by Crippen LogP contribution is -2.73. The smallest absolute Gasteiger partial charge is 0.266 e. The summed E-state index contributed by atoms with van der Waals surface area (Å²) in [6.07, 6.45) is 1.67. The Bertz CT molecular complexity index is 588. The lowest BCUT2D eigenvalue weighted by molar-refractivity contribution is 0.133. The first-order valence-electron chi connectivity index (χ1n) is 8.36. The van der Waals surface area contributed by atoms with Crippen molar-refractivity contribution in [3.8, 4) is 0 Å². The molecule has 2 unspecified atom stereocenters. The van der Waals surface area contributed by atoms with Crippen molar-refractivity contribution in [1.82, 2.24) is 5.32 Å². The number of benzene rings is 1. The molecule has 0 bridgehead atoms. The van der Waals surface area contributed by atoms with Crippen molar-refractivity contribution >= 4 is 5.69 Å². The SMILES string of the molecule is CC1(C)CN(c2ccc(C(F)F)c(F)c2)C2(C)CCCCC2N1. The van der Waals surface area contributed by atoms with E-state index in [-0.39, 0.29) is 11.1 Å². The largest absolute Gasteiger partial charge is 0.363 e. The Kier molecular flexibility index (Phi) is 4.11. The van der Waals surface area contributed by atoms with Gasteiger partial charge in [0.05, 0.1) is 11.1 Å². The molecule has 2 aliphatic rings. The highest BCUT2D eigenvalue weighted by Gasteiger charge is 2.48. The lowest BCUT2D eigenvalue weighted by Gasteiger charge is -2.59. The fraction of sp³-hybridized carbons (Fsp3) is 0.667. The fourth-order valence-corrected chi connectivity index (χ4v) is 4.21. The number of rotatable bonds is 2. The van der Waals surface area contributed by atoms with E-state index in [1.165, 1.54) is 18.6 Å². The Morgan fingerprint density at radius 2 is 1.96 bits per heavy atom. The number of nitrogens with zero attached hydrogens (tertiary/aromatic N) is 1. The molecule has 2 nitrogen and oxygen atoms in total. The van der Waals surface area contributed by atoms with E-state index in [4.69, 9.17) is 0 Å². The molecule has 1 aromatic carbocycles. The summed E-state index contributed by atoms with van der Waals surface area (Å²) in [7, 11) is 0. The number of halogens is 3. The Morgan fingerprint density at radius 3 is 2.61 bits per heavy atom. The van der Waals surface area contributed by atoms with Crippen molar-refractivity contribution in [1.29, 1.82) is 0 Å². The molecule has 1 aliphatic carbocycles. The van der Waals surface area contributed by atoms with Gasteiger partial charge in [-0.05, 0) is 51.8 Å². The maximum absolute atomic E-state index is 14.1. The molecule has 0 aromatic heterocycles. The maximum atomic E-state index is 14.1. The van der Waals surface area contributed by atoms with Crippen LogP contribution in [0.2, 0.25) is 0 Å². The van der Waals surface area contributed by atoms with Crippen molar-refractivity contribution in [3.63, 3.8) is 0 Å². The molecule has 0 amide bonds. The van der Waals surface area contributed by atoms with Crippen LogP contribution in [-0.4, -0.2) is 23.7 Å². The first-order chi connectivity index (χ1) is 10.7. The van der Waals surface area contributed by atoms with Crippen LogP contribution in [-0.2, 0) is 0 Å². The van der Waals surface area contributed by atoms with Crippen molar-refractivity contribution in [2.24, 2.45) is 0 Å². The molecular formula is C18H25F3N2. The van der Waals surface area contributed by atoms with E-state index in [9.17, 15) is 13.2 Å². The Morgan fingerprint density at radius 1 is 1.22 bits per heavy atom.